The Hall–Kier alpha value is -1.04. The van der Waals surface area contributed by atoms with E-state index in [0.29, 0.717) is 25.6 Å². The summed E-state index contributed by atoms with van der Waals surface area (Å²) in [7, 11) is 0. The number of hydrogen-bond donors (Lipinski definition) is 2. The van der Waals surface area contributed by atoms with E-state index in [1.165, 1.54) is 12.1 Å². The first-order chi connectivity index (χ1) is 10.0. The molecule has 0 aliphatic carbocycles. The molecule has 1 aromatic carbocycles. The Bertz CT molecular complexity index is 425. The number of benzene rings is 1. The van der Waals surface area contributed by atoms with Gasteiger partial charge in [-0.05, 0) is 25.3 Å². The van der Waals surface area contributed by atoms with Crippen LogP contribution in [0.15, 0.2) is 18.2 Å². The SMILES string of the molecule is CCC(CC)N(CCO)CCC(N)c1cccc(F)c1F. The van der Waals surface area contributed by atoms with Crippen molar-refractivity contribution in [2.45, 2.75) is 45.2 Å². The number of hydrogen-bond acceptors (Lipinski definition) is 3. The number of halogens is 2. The van der Waals surface area contributed by atoms with Gasteiger partial charge in [-0.3, -0.25) is 4.90 Å². The molecule has 0 saturated carbocycles. The normalized spacial score (nSPS) is 13.1. The lowest BCUT2D eigenvalue weighted by Crippen LogP contribution is -2.38. The summed E-state index contributed by atoms with van der Waals surface area (Å²) in [6, 6.07) is 3.92. The zero-order valence-electron chi connectivity index (χ0n) is 12.9. The molecule has 0 radical (unpaired) electrons. The fourth-order valence-corrected chi connectivity index (χ4v) is 2.68. The summed E-state index contributed by atoms with van der Waals surface area (Å²) in [6.45, 7) is 5.52. The van der Waals surface area contributed by atoms with Gasteiger partial charge in [0.15, 0.2) is 11.6 Å². The van der Waals surface area contributed by atoms with Crippen molar-refractivity contribution < 1.29 is 13.9 Å². The van der Waals surface area contributed by atoms with E-state index in [1.54, 1.807) is 0 Å². The minimum absolute atomic E-state index is 0.0834. The summed E-state index contributed by atoms with van der Waals surface area (Å²) in [5, 5.41) is 9.16. The van der Waals surface area contributed by atoms with Crippen LogP contribution in [0.5, 0.6) is 0 Å². The highest BCUT2D eigenvalue weighted by Crippen LogP contribution is 2.21. The number of rotatable bonds is 9. The molecule has 0 aliphatic rings. The second-order valence-corrected chi connectivity index (χ2v) is 5.27. The summed E-state index contributed by atoms with van der Waals surface area (Å²) in [6.07, 6.45) is 2.50. The molecule has 1 rings (SSSR count). The molecule has 3 N–H and O–H groups in total. The lowest BCUT2D eigenvalue weighted by molar-refractivity contribution is 0.139. The summed E-state index contributed by atoms with van der Waals surface area (Å²) in [5.74, 6) is -1.73. The zero-order chi connectivity index (χ0) is 15.8. The maximum absolute atomic E-state index is 13.7. The van der Waals surface area contributed by atoms with Crippen LogP contribution in [0.4, 0.5) is 8.78 Å². The summed E-state index contributed by atoms with van der Waals surface area (Å²) < 4.78 is 26.9. The van der Waals surface area contributed by atoms with Gasteiger partial charge in [-0.25, -0.2) is 8.78 Å². The van der Waals surface area contributed by atoms with Gasteiger partial charge in [-0.2, -0.15) is 0 Å². The largest absolute Gasteiger partial charge is 0.395 e. The summed E-state index contributed by atoms with van der Waals surface area (Å²) in [5.41, 5.74) is 6.21. The second kappa shape index (κ2) is 9.07. The van der Waals surface area contributed by atoms with Crippen molar-refractivity contribution >= 4 is 0 Å². The average molecular weight is 300 g/mol. The van der Waals surface area contributed by atoms with E-state index in [1.807, 2.05) is 0 Å². The maximum Gasteiger partial charge on any atom is 0.163 e. The molecular weight excluding hydrogens is 274 g/mol. The van der Waals surface area contributed by atoms with E-state index < -0.39 is 17.7 Å². The van der Waals surface area contributed by atoms with Crippen LogP contribution in [0.25, 0.3) is 0 Å². The molecule has 1 unspecified atom stereocenters. The van der Waals surface area contributed by atoms with Crippen molar-refractivity contribution in [3.63, 3.8) is 0 Å². The topological polar surface area (TPSA) is 49.5 Å². The molecule has 0 aliphatic heterocycles. The second-order valence-electron chi connectivity index (χ2n) is 5.27. The average Bonchev–Trinajstić information content (AvgIpc) is 2.48. The van der Waals surface area contributed by atoms with Crippen LogP contribution >= 0.6 is 0 Å². The van der Waals surface area contributed by atoms with E-state index in [0.717, 1.165) is 18.9 Å². The molecule has 0 bridgehead atoms. The fourth-order valence-electron chi connectivity index (χ4n) is 2.68. The number of aliphatic hydroxyl groups excluding tert-OH is 1. The number of nitrogens with zero attached hydrogens (tertiary/aromatic N) is 1. The van der Waals surface area contributed by atoms with E-state index in [4.69, 9.17) is 10.8 Å². The van der Waals surface area contributed by atoms with Crippen LogP contribution in [0.2, 0.25) is 0 Å². The van der Waals surface area contributed by atoms with E-state index in [9.17, 15) is 8.78 Å². The first kappa shape index (κ1) is 18.0. The minimum Gasteiger partial charge on any atom is -0.395 e. The van der Waals surface area contributed by atoms with Gasteiger partial charge < -0.3 is 10.8 Å². The van der Waals surface area contributed by atoms with Gasteiger partial charge in [0, 0.05) is 30.7 Å². The molecule has 120 valence electrons. The van der Waals surface area contributed by atoms with Crippen LogP contribution in [0, 0.1) is 11.6 Å². The Kier molecular flexibility index (Phi) is 7.78. The Morgan fingerprint density at radius 1 is 1.19 bits per heavy atom. The van der Waals surface area contributed by atoms with Crippen molar-refractivity contribution in [3.8, 4) is 0 Å². The first-order valence-corrected chi connectivity index (χ1v) is 7.59. The van der Waals surface area contributed by atoms with Crippen LogP contribution < -0.4 is 5.73 Å². The van der Waals surface area contributed by atoms with Crippen LogP contribution in [-0.2, 0) is 0 Å². The Labute approximate surface area is 125 Å². The standard InChI is InChI=1S/C16H26F2N2O/c1-3-12(4-2)20(10-11-21)9-8-15(19)13-6-5-7-14(17)16(13)18/h5-7,12,15,21H,3-4,8-11,19H2,1-2H3. The minimum atomic E-state index is -0.866. The molecule has 1 aromatic rings. The van der Waals surface area contributed by atoms with Gasteiger partial charge in [0.25, 0.3) is 0 Å². The zero-order valence-corrected chi connectivity index (χ0v) is 12.9. The predicted molar refractivity (Wildman–Crippen MR) is 80.9 cm³/mol. The molecule has 0 heterocycles. The van der Waals surface area contributed by atoms with Gasteiger partial charge in [0.1, 0.15) is 0 Å². The fraction of sp³-hybridized carbons (Fsp3) is 0.625. The third kappa shape index (κ3) is 5.02. The molecular formula is C16H26F2N2O. The molecule has 1 atom stereocenters. The Morgan fingerprint density at radius 3 is 2.43 bits per heavy atom. The number of aliphatic hydroxyl groups is 1. The molecule has 0 spiro atoms. The molecule has 0 saturated heterocycles. The van der Waals surface area contributed by atoms with E-state index in [2.05, 4.69) is 18.7 Å². The lowest BCUT2D eigenvalue weighted by Gasteiger charge is -2.30. The Balaban J connectivity index is 2.68. The molecule has 0 aromatic heterocycles. The predicted octanol–water partition coefficient (Wildman–Crippen LogP) is 2.84. The smallest absolute Gasteiger partial charge is 0.163 e. The van der Waals surface area contributed by atoms with Crippen LogP contribution in [-0.4, -0.2) is 35.7 Å². The van der Waals surface area contributed by atoms with E-state index in [-0.39, 0.29) is 12.2 Å². The van der Waals surface area contributed by atoms with Crippen molar-refractivity contribution in [2.24, 2.45) is 5.73 Å². The van der Waals surface area contributed by atoms with E-state index >= 15 is 0 Å². The van der Waals surface area contributed by atoms with Gasteiger partial charge >= 0.3 is 0 Å². The van der Waals surface area contributed by atoms with Crippen molar-refractivity contribution in [1.29, 1.82) is 0 Å². The lowest BCUT2D eigenvalue weighted by atomic mass is 10.0. The summed E-state index contributed by atoms with van der Waals surface area (Å²) in [4.78, 5) is 2.16. The van der Waals surface area contributed by atoms with Gasteiger partial charge in [-0.15, -0.1) is 0 Å². The van der Waals surface area contributed by atoms with Crippen LogP contribution in [0.1, 0.15) is 44.7 Å². The van der Waals surface area contributed by atoms with Crippen molar-refractivity contribution in [3.05, 3.63) is 35.4 Å². The maximum atomic E-state index is 13.7. The molecule has 21 heavy (non-hydrogen) atoms. The van der Waals surface area contributed by atoms with Gasteiger partial charge in [0.2, 0.25) is 0 Å². The van der Waals surface area contributed by atoms with Crippen molar-refractivity contribution in [1.82, 2.24) is 4.90 Å². The highest BCUT2D eigenvalue weighted by Gasteiger charge is 2.18. The van der Waals surface area contributed by atoms with Gasteiger partial charge in [-0.1, -0.05) is 26.0 Å². The third-order valence-corrected chi connectivity index (χ3v) is 3.95. The highest BCUT2D eigenvalue weighted by atomic mass is 19.2. The summed E-state index contributed by atoms with van der Waals surface area (Å²) >= 11 is 0. The number of nitrogens with two attached hydrogens (primary N) is 1. The van der Waals surface area contributed by atoms with Crippen LogP contribution in [0.3, 0.4) is 0 Å². The van der Waals surface area contributed by atoms with Crippen molar-refractivity contribution in [2.75, 3.05) is 19.7 Å². The molecule has 5 heteroatoms. The third-order valence-electron chi connectivity index (χ3n) is 3.95. The quantitative estimate of drug-likeness (QED) is 0.737. The first-order valence-electron chi connectivity index (χ1n) is 7.59. The molecule has 0 amide bonds. The van der Waals surface area contributed by atoms with Gasteiger partial charge in [0.05, 0.1) is 6.61 Å². The highest BCUT2D eigenvalue weighted by molar-refractivity contribution is 5.22. The monoisotopic (exact) mass is 300 g/mol. The molecule has 3 nitrogen and oxygen atoms in total. The Morgan fingerprint density at radius 2 is 1.86 bits per heavy atom. The molecule has 0 fully saturated rings.